The van der Waals surface area contributed by atoms with Crippen molar-refractivity contribution in [2.24, 2.45) is 0 Å². The van der Waals surface area contributed by atoms with Gasteiger partial charge in [-0.2, -0.15) is 0 Å². The molecule has 0 saturated carbocycles. The third-order valence-electron chi connectivity index (χ3n) is 8.95. The number of hydrogen-bond donors (Lipinski definition) is 0. The first-order valence-corrected chi connectivity index (χ1v) is 14.9. The molecule has 0 fully saturated rings. The fourth-order valence-electron chi connectivity index (χ4n) is 7.06. The van der Waals surface area contributed by atoms with Crippen LogP contribution < -0.4 is 4.90 Å². The number of hydrogen-bond acceptors (Lipinski definition) is 1. The van der Waals surface area contributed by atoms with Gasteiger partial charge in [0.15, 0.2) is 0 Å². The van der Waals surface area contributed by atoms with E-state index in [0.29, 0.717) is 0 Å². The van der Waals surface area contributed by atoms with Crippen LogP contribution in [0, 0.1) is 0 Å². The van der Waals surface area contributed by atoms with Crippen LogP contribution in [0.2, 0.25) is 0 Å². The summed E-state index contributed by atoms with van der Waals surface area (Å²) in [5, 5.41) is 15.2. The normalized spacial score (nSPS) is 11.7. The summed E-state index contributed by atoms with van der Waals surface area (Å²) in [6, 6.07) is 59.9. The summed E-state index contributed by atoms with van der Waals surface area (Å²) in [5.74, 6) is 0. The highest BCUT2D eigenvalue weighted by Crippen LogP contribution is 2.47. The van der Waals surface area contributed by atoms with Crippen LogP contribution in [0.25, 0.3) is 64.6 Å². The highest BCUT2D eigenvalue weighted by atomic mass is 15.1. The fraction of sp³-hybridized carbons (Fsp3) is 0. The SMILES string of the molecule is c1ccc(N(c2cc3ccccc3c3ccccc23)c2cc3ccccc3c3c2ccc2ccc4ccccc4c23)cc1. The minimum absolute atomic E-state index is 1.14. The average Bonchev–Trinajstić information content (AvgIpc) is 3.08. The molecule has 0 saturated heterocycles. The van der Waals surface area contributed by atoms with E-state index in [-0.39, 0.29) is 0 Å². The molecule has 9 aromatic carbocycles. The van der Waals surface area contributed by atoms with Gasteiger partial charge in [0.2, 0.25) is 0 Å². The number of nitrogens with zero attached hydrogens (tertiary/aromatic N) is 1. The van der Waals surface area contributed by atoms with E-state index < -0.39 is 0 Å². The Hall–Kier alpha value is -5.66. The Bertz CT molecular complexity index is 2510. The molecule has 200 valence electrons. The van der Waals surface area contributed by atoms with Crippen LogP contribution in [0.3, 0.4) is 0 Å². The van der Waals surface area contributed by atoms with E-state index in [1.54, 1.807) is 0 Å². The van der Waals surface area contributed by atoms with E-state index >= 15 is 0 Å². The van der Waals surface area contributed by atoms with Crippen LogP contribution in [0.5, 0.6) is 0 Å². The predicted octanol–water partition coefficient (Wildman–Crippen LogP) is 12.1. The molecule has 9 rings (SSSR count). The number of fused-ring (bicyclic) bond motifs is 10. The molecule has 0 aliphatic rings. The van der Waals surface area contributed by atoms with Gasteiger partial charge in [-0.25, -0.2) is 0 Å². The van der Waals surface area contributed by atoms with Crippen molar-refractivity contribution in [3.8, 4) is 0 Å². The van der Waals surface area contributed by atoms with Crippen molar-refractivity contribution in [2.45, 2.75) is 0 Å². The summed E-state index contributed by atoms with van der Waals surface area (Å²) in [6.45, 7) is 0. The summed E-state index contributed by atoms with van der Waals surface area (Å²) in [5.41, 5.74) is 3.49. The lowest BCUT2D eigenvalue weighted by molar-refractivity contribution is 1.32. The van der Waals surface area contributed by atoms with Crippen LogP contribution in [0.4, 0.5) is 17.1 Å². The van der Waals surface area contributed by atoms with Gasteiger partial charge in [-0.1, -0.05) is 140 Å². The Morgan fingerprint density at radius 2 is 0.767 bits per heavy atom. The Morgan fingerprint density at radius 3 is 1.51 bits per heavy atom. The number of rotatable bonds is 3. The molecule has 0 unspecified atom stereocenters. The van der Waals surface area contributed by atoms with Crippen LogP contribution in [-0.4, -0.2) is 0 Å². The lowest BCUT2D eigenvalue weighted by Crippen LogP contribution is -2.11. The molecule has 0 aliphatic carbocycles. The number of anilines is 3. The summed E-state index contributed by atoms with van der Waals surface area (Å²) in [6.07, 6.45) is 0. The first-order valence-electron chi connectivity index (χ1n) is 14.9. The molecule has 0 amide bonds. The first kappa shape index (κ1) is 24.0. The molecule has 9 aromatic rings. The van der Waals surface area contributed by atoms with E-state index in [1.165, 1.54) is 76.0 Å². The van der Waals surface area contributed by atoms with Crippen molar-refractivity contribution in [1.82, 2.24) is 0 Å². The van der Waals surface area contributed by atoms with Gasteiger partial charge in [0, 0.05) is 21.8 Å². The zero-order chi connectivity index (χ0) is 28.3. The highest BCUT2D eigenvalue weighted by Gasteiger charge is 2.21. The molecule has 1 heteroatoms. The number of para-hydroxylation sites is 1. The van der Waals surface area contributed by atoms with Crippen LogP contribution in [-0.2, 0) is 0 Å². The van der Waals surface area contributed by atoms with Crippen molar-refractivity contribution in [1.29, 1.82) is 0 Å². The van der Waals surface area contributed by atoms with Crippen molar-refractivity contribution in [3.63, 3.8) is 0 Å². The molecule has 0 bridgehead atoms. The second-order valence-electron chi connectivity index (χ2n) is 11.3. The van der Waals surface area contributed by atoms with Gasteiger partial charge in [-0.15, -0.1) is 0 Å². The highest BCUT2D eigenvalue weighted by molar-refractivity contribution is 6.30. The Balaban J connectivity index is 1.49. The number of benzene rings is 9. The minimum atomic E-state index is 1.14. The monoisotopic (exact) mass is 545 g/mol. The zero-order valence-electron chi connectivity index (χ0n) is 23.5. The molecule has 0 aliphatic heterocycles. The second-order valence-corrected chi connectivity index (χ2v) is 11.3. The minimum Gasteiger partial charge on any atom is -0.309 e. The summed E-state index contributed by atoms with van der Waals surface area (Å²) < 4.78 is 0. The van der Waals surface area contributed by atoms with Crippen LogP contribution in [0.1, 0.15) is 0 Å². The third kappa shape index (κ3) is 3.65. The van der Waals surface area contributed by atoms with Crippen molar-refractivity contribution < 1.29 is 0 Å². The summed E-state index contributed by atoms with van der Waals surface area (Å²) >= 11 is 0. The Kier molecular flexibility index (Phi) is 5.27. The van der Waals surface area contributed by atoms with Gasteiger partial charge < -0.3 is 4.90 Å². The zero-order valence-corrected chi connectivity index (χ0v) is 23.5. The van der Waals surface area contributed by atoms with Gasteiger partial charge in [-0.3, -0.25) is 0 Å². The van der Waals surface area contributed by atoms with E-state index in [0.717, 1.165) is 5.69 Å². The molecule has 0 spiro atoms. The lowest BCUT2D eigenvalue weighted by atomic mass is 9.91. The summed E-state index contributed by atoms with van der Waals surface area (Å²) in [7, 11) is 0. The van der Waals surface area contributed by atoms with E-state index in [4.69, 9.17) is 0 Å². The average molecular weight is 546 g/mol. The third-order valence-corrected chi connectivity index (χ3v) is 8.95. The largest absolute Gasteiger partial charge is 0.309 e. The molecule has 0 heterocycles. The molecule has 1 nitrogen and oxygen atoms in total. The molecular weight excluding hydrogens is 518 g/mol. The molecule has 43 heavy (non-hydrogen) atoms. The summed E-state index contributed by atoms with van der Waals surface area (Å²) in [4.78, 5) is 2.47. The standard InChI is InChI=1S/C42H27N/c1-2-15-32(16-3-1)43(39-26-30-13-5-7-17-33(30)36-20-10-11-21-37(36)39)40-27-31-14-6-9-19-35(31)42-38(40)25-24-29-23-22-28-12-4-8-18-34(28)41(29)42/h1-27H. The molecule has 0 aromatic heterocycles. The van der Waals surface area contributed by atoms with Gasteiger partial charge in [0.05, 0.1) is 11.4 Å². The predicted molar refractivity (Wildman–Crippen MR) is 186 cm³/mol. The first-order chi connectivity index (χ1) is 21.3. The van der Waals surface area contributed by atoms with Crippen molar-refractivity contribution in [2.75, 3.05) is 4.90 Å². The van der Waals surface area contributed by atoms with Gasteiger partial charge >= 0.3 is 0 Å². The second kappa shape index (κ2) is 9.44. The molecule has 0 radical (unpaired) electrons. The maximum atomic E-state index is 2.47. The van der Waals surface area contributed by atoms with Gasteiger partial charge in [0.1, 0.15) is 0 Å². The van der Waals surface area contributed by atoms with Crippen molar-refractivity contribution >= 4 is 81.7 Å². The smallest absolute Gasteiger partial charge is 0.0546 e. The van der Waals surface area contributed by atoms with E-state index in [1.807, 2.05) is 0 Å². The van der Waals surface area contributed by atoms with Gasteiger partial charge in [-0.05, 0) is 72.7 Å². The van der Waals surface area contributed by atoms with Crippen LogP contribution in [0.15, 0.2) is 164 Å². The topological polar surface area (TPSA) is 3.24 Å². The maximum absolute atomic E-state index is 2.47. The van der Waals surface area contributed by atoms with Gasteiger partial charge in [0.25, 0.3) is 0 Å². The lowest BCUT2D eigenvalue weighted by Gasteiger charge is -2.29. The quantitative estimate of drug-likeness (QED) is 0.200. The Labute approximate surface area is 249 Å². The Morgan fingerprint density at radius 1 is 0.279 bits per heavy atom. The van der Waals surface area contributed by atoms with E-state index in [9.17, 15) is 0 Å². The molecule has 0 atom stereocenters. The van der Waals surface area contributed by atoms with E-state index in [2.05, 4.69) is 169 Å². The molecular formula is C42H27N. The molecule has 0 N–H and O–H groups in total. The maximum Gasteiger partial charge on any atom is 0.0546 e. The van der Waals surface area contributed by atoms with Crippen LogP contribution >= 0.6 is 0 Å². The fourth-order valence-corrected chi connectivity index (χ4v) is 7.06. The van der Waals surface area contributed by atoms with Crippen molar-refractivity contribution in [3.05, 3.63) is 164 Å².